The van der Waals surface area contributed by atoms with E-state index in [-0.39, 0.29) is 23.3 Å². The van der Waals surface area contributed by atoms with E-state index in [1.54, 1.807) is 20.8 Å². The van der Waals surface area contributed by atoms with E-state index in [4.69, 9.17) is 21.9 Å². The molecule has 0 spiro atoms. The molecule has 0 heterocycles. The average Bonchev–Trinajstić information content (AvgIpc) is 2.37. The van der Waals surface area contributed by atoms with Gasteiger partial charge in [-0.15, -0.1) is 0 Å². The lowest BCUT2D eigenvalue weighted by Gasteiger charge is -2.25. The van der Waals surface area contributed by atoms with Crippen molar-refractivity contribution in [3.63, 3.8) is 0 Å². The molecule has 0 aromatic heterocycles. The molecular weight excluding hydrogens is 303 g/mol. The van der Waals surface area contributed by atoms with E-state index in [1.165, 1.54) is 19.2 Å². The second kappa shape index (κ2) is 6.95. The van der Waals surface area contributed by atoms with Crippen molar-refractivity contribution >= 4 is 29.4 Å². The molecule has 23 heavy (non-hydrogen) atoms. The number of rotatable bonds is 2. The van der Waals surface area contributed by atoms with Gasteiger partial charge in [0.2, 0.25) is 5.96 Å². The molecule has 1 aromatic carbocycles. The monoisotopic (exact) mass is 324 g/mol. The lowest BCUT2D eigenvalue weighted by Crippen LogP contribution is -2.34. The maximum absolute atomic E-state index is 13.5. The minimum Gasteiger partial charge on any atom is -0.443 e. The average molecular weight is 324 g/mol. The number of aliphatic imine (C=N–C) groups is 2. The first-order chi connectivity index (χ1) is 10.5. The van der Waals surface area contributed by atoms with Crippen LogP contribution in [0.5, 0.6) is 0 Å². The van der Waals surface area contributed by atoms with Gasteiger partial charge in [0.25, 0.3) is 0 Å². The number of ether oxygens (including phenoxy) is 1. The summed E-state index contributed by atoms with van der Waals surface area (Å²) in [6.45, 7) is 5.17. The van der Waals surface area contributed by atoms with Crippen LogP contribution in [0.3, 0.4) is 0 Å². The van der Waals surface area contributed by atoms with Gasteiger partial charge in [0, 0.05) is 7.05 Å². The molecule has 1 aromatic rings. The minimum absolute atomic E-state index is 0.160. The van der Waals surface area contributed by atoms with Crippen molar-refractivity contribution < 1.29 is 13.9 Å². The summed E-state index contributed by atoms with van der Waals surface area (Å²) in [6.07, 6.45) is -0.667. The third-order valence-electron chi connectivity index (χ3n) is 2.44. The Kier molecular flexibility index (Phi) is 5.50. The van der Waals surface area contributed by atoms with Crippen molar-refractivity contribution in [2.24, 2.45) is 27.2 Å². The van der Waals surface area contributed by atoms with Gasteiger partial charge < -0.3 is 21.9 Å². The molecule has 0 aliphatic rings. The summed E-state index contributed by atoms with van der Waals surface area (Å²) in [5.41, 5.74) is 15.7. The number of carbonyl (C=O) groups excluding carboxylic acids is 1. The van der Waals surface area contributed by atoms with E-state index in [1.807, 2.05) is 0 Å². The molecule has 1 amide bonds. The fourth-order valence-electron chi connectivity index (χ4n) is 1.57. The molecule has 0 saturated heterocycles. The zero-order valence-corrected chi connectivity index (χ0v) is 13.5. The number of guanidine groups is 2. The minimum atomic E-state index is -0.695. The van der Waals surface area contributed by atoms with Crippen molar-refractivity contribution in [2.75, 3.05) is 11.9 Å². The zero-order chi connectivity index (χ0) is 17.8. The molecule has 126 valence electrons. The van der Waals surface area contributed by atoms with Crippen LogP contribution in [-0.4, -0.2) is 30.7 Å². The van der Waals surface area contributed by atoms with Crippen molar-refractivity contribution in [1.29, 1.82) is 0 Å². The van der Waals surface area contributed by atoms with Gasteiger partial charge in [-0.05, 0) is 39.0 Å². The van der Waals surface area contributed by atoms with Crippen LogP contribution in [0.15, 0.2) is 28.2 Å². The van der Waals surface area contributed by atoms with Gasteiger partial charge in [0.1, 0.15) is 11.4 Å². The molecule has 0 radical (unpaired) electrons. The quantitative estimate of drug-likeness (QED) is 0.559. The summed E-state index contributed by atoms with van der Waals surface area (Å²) in [4.78, 5) is 20.8. The number of carbonyl (C=O) groups is 1. The Labute approximate surface area is 133 Å². The zero-order valence-electron chi connectivity index (χ0n) is 13.5. The highest BCUT2D eigenvalue weighted by Gasteiger charge is 2.22. The van der Waals surface area contributed by atoms with E-state index in [9.17, 15) is 9.18 Å². The van der Waals surface area contributed by atoms with Gasteiger partial charge in [-0.2, -0.15) is 4.99 Å². The van der Waals surface area contributed by atoms with Crippen LogP contribution in [0, 0.1) is 5.82 Å². The number of amides is 1. The number of nitrogens with zero attached hydrogens (tertiary/aromatic N) is 3. The molecule has 0 saturated carbocycles. The number of benzene rings is 1. The summed E-state index contributed by atoms with van der Waals surface area (Å²) >= 11 is 0. The van der Waals surface area contributed by atoms with E-state index >= 15 is 0 Å². The molecule has 8 nitrogen and oxygen atoms in total. The number of hydrogen-bond acceptors (Lipinski definition) is 3. The lowest BCUT2D eigenvalue weighted by molar-refractivity contribution is 0.0589. The van der Waals surface area contributed by atoms with Crippen LogP contribution in [0.4, 0.5) is 20.6 Å². The van der Waals surface area contributed by atoms with Crippen molar-refractivity contribution in [3.8, 4) is 0 Å². The maximum atomic E-state index is 13.5. The summed E-state index contributed by atoms with van der Waals surface area (Å²) in [5, 5.41) is 0. The van der Waals surface area contributed by atoms with Gasteiger partial charge in [0.05, 0.1) is 11.4 Å². The summed E-state index contributed by atoms with van der Waals surface area (Å²) < 4.78 is 18.8. The molecule has 0 bridgehead atoms. The van der Waals surface area contributed by atoms with Gasteiger partial charge in [0.15, 0.2) is 5.96 Å². The third kappa shape index (κ3) is 5.81. The van der Waals surface area contributed by atoms with Crippen LogP contribution < -0.4 is 22.1 Å². The Morgan fingerprint density at radius 3 is 2.39 bits per heavy atom. The fraction of sp³-hybridized carbons (Fsp3) is 0.357. The molecule has 0 aliphatic carbocycles. The molecule has 1 rings (SSSR count). The first-order valence-corrected chi connectivity index (χ1v) is 6.69. The highest BCUT2D eigenvalue weighted by molar-refractivity contribution is 5.96. The van der Waals surface area contributed by atoms with Crippen LogP contribution in [0.1, 0.15) is 20.8 Å². The normalized spacial score (nSPS) is 11.8. The predicted octanol–water partition coefficient (Wildman–Crippen LogP) is 1.42. The molecule has 0 atom stereocenters. The van der Waals surface area contributed by atoms with E-state index in [0.717, 1.165) is 11.0 Å². The van der Waals surface area contributed by atoms with Crippen molar-refractivity contribution in [3.05, 3.63) is 24.0 Å². The largest absolute Gasteiger partial charge is 0.443 e. The number of nitrogens with two attached hydrogens (primary N) is 3. The molecular formula is C14H21FN6O2. The summed E-state index contributed by atoms with van der Waals surface area (Å²) in [6, 6.07) is 3.65. The first-order valence-electron chi connectivity index (χ1n) is 6.69. The smallest absolute Gasteiger partial charge is 0.414 e. The fourth-order valence-corrected chi connectivity index (χ4v) is 1.57. The van der Waals surface area contributed by atoms with Crippen LogP contribution in [-0.2, 0) is 4.74 Å². The van der Waals surface area contributed by atoms with Crippen LogP contribution in [0.2, 0.25) is 0 Å². The maximum Gasteiger partial charge on any atom is 0.414 e. The molecule has 6 N–H and O–H groups in total. The highest BCUT2D eigenvalue weighted by atomic mass is 19.1. The van der Waals surface area contributed by atoms with Gasteiger partial charge >= 0.3 is 6.09 Å². The van der Waals surface area contributed by atoms with Gasteiger partial charge in [-0.1, -0.05) is 0 Å². The molecule has 0 fully saturated rings. The topological polar surface area (TPSA) is 132 Å². The highest BCUT2D eigenvalue weighted by Crippen LogP contribution is 2.30. The van der Waals surface area contributed by atoms with E-state index in [2.05, 4.69) is 9.98 Å². The number of anilines is 1. The Morgan fingerprint density at radius 1 is 1.26 bits per heavy atom. The second-order valence-corrected chi connectivity index (χ2v) is 5.68. The number of hydrogen-bond donors (Lipinski definition) is 3. The molecule has 0 unspecified atom stereocenters. The Bertz CT molecular complexity index is 647. The standard InChI is InChI=1S/C14H21FN6O2/c1-14(2,3)23-13(22)21(4)10-7-8(15)5-6-9(10)19-12(18)20-11(16)17/h5-7H,1-4H3,(H6,16,17,18,19,20). The third-order valence-corrected chi connectivity index (χ3v) is 2.44. The van der Waals surface area contributed by atoms with E-state index in [0.29, 0.717) is 0 Å². The van der Waals surface area contributed by atoms with Crippen LogP contribution in [0.25, 0.3) is 0 Å². The van der Waals surface area contributed by atoms with Gasteiger partial charge in [-0.3, -0.25) is 4.90 Å². The summed E-state index contributed by atoms with van der Waals surface area (Å²) in [7, 11) is 1.43. The van der Waals surface area contributed by atoms with Gasteiger partial charge in [-0.25, -0.2) is 14.2 Å². The van der Waals surface area contributed by atoms with Crippen LogP contribution >= 0.6 is 0 Å². The lowest BCUT2D eigenvalue weighted by atomic mass is 10.2. The Morgan fingerprint density at radius 2 is 1.87 bits per heavy atom. The Balaban J connectivity index is 3.22. The Hall–Kier alpha value is -2.84. The molecule has 9 heteroatoms. The predicted molar refractivity (Wildman–Crippen MR) is 88.1 cm³/mol. The second-order valence-electron chi connectivity index (χ2n) is 5.68. The molecule has 0 aliphatic heterocycles. The SMILES string of the molecule is CN(C(=O)OC(C)(C)C)c1cc(F)ccc1N=C(N)N=C(N)N. The first kappa shape index (κ1) is 18.2. The van der Waals surface area contributed by atoms with E-state index < -0.39 is 17.5 Å². The summed E-state index contributed by atoms with van der Waals surface area (Å²) in [5.74, 6) is -1.04. The van der Waals surface area contributed by atoms with Crippen molar-refractivity contribution in [1.82, 2.24) is 0 Å². The van der Waals surface area contributed by atoms with Crippen molar-refractivity contribution in [2.45, 2.75) is 26.4 Å². The number of halogens is 1.